The van der Waals surface area contributed by atoms with E-state index in [0.717, 1.165) is 10.6 Å². The monoisotopic (exact) mass is 194 g/mol. The number of amides is 2. The fourth-order valence-corrected chi connectivity index (χ4v) is 2.05. The van der Waals surface area contributed by atoms with Crippen molar-refractivity contribution in [2.75, 3.05) is 11.9 Å². The van der Waals surface area contributed by atoms with E-state index in [1.807, 2.05) is 31.2 Å². The molecule has 0 atom stereocenters. The van der Waals surface area contributed by atoms with Gasteiger partial charge in [-0.3, -0.25) is 4.31 Å². The maximum absolute atomic E-state index is 11.4. The van der Waals surface area contributed by atoms with E-state index in [9.17, 15) is 4.79 Å². The van der Waals surface area contributed by atoms with Gasteiger partial charge in [0.2, 0.25) is 0 Å². The Hall–Kier alpha value is -1.16. The van der Waals surface area contributed by atoms with Gasteiger partial charge in [-0.15, -0.1) is 0 Å². The van der Waals surface area contributed by atoms with Gasteiger partial charge in [0.15, 0.2) is 0 Å². The topological polar surface area (TPSA) is 32.3 Å². The number of rotatable bonds is 1. The summed E-state index contributed by atoms with van der Waals surface area (Å²) in [7, 11) is 0. The third-order valence-electron chi connectivity index (χ3n) is 1.85. The predicted octanol–water partition coefficient (Wildman–Crippen LogP) is 2.56. The van der Waals surface area contributed by atoms with Gasteiger partial charge < -0.3 is 5.32 Å². The first-order chi connectivity index (χ1) is 6.31. The second-order valence-electron chi connectivity index (χ2n) is 2.71. The Morgan fingerprint density at radius 2 is 2.23 bits per heavy atom. The van der Waals surface area contributed by atoms with E-state index < -0.39 is 0 Å². The average molecular weight is 194 g/mol. The summed E-state index contributed by atoms with van der Waals surface area (Å²) in [5, 5.41) is 2.83. The van der Waals surface area contributed by atoms with Crippen molar-refractivity contribution in [3.8, 4) is 0 Å². The van der Waals surface area contributed by atoms with Gasteiger partial charge in [0.25, 0.3) is 0 Å². The van der Waals surface area contributed by atoms with Crippen molar-refractivity contribution in [2.45, 2.75) is 11.8 Å². The summed E-state index contributed by atoms with van der Waals surface area (Å²) in [6.45, 7) is 2.67. The lowest BCUT2D eigenvalue weighted by atomic mass is 10.3. The van der Waals surface area contributed by atoms with E-state index >= 15 is 0 Å². The number of urea groups is 1. The molecule has 0 aromatic heterocycles. The number of para-hydroxylation sites is 1. The minimum atomic E-state index is -0.0359. The van der Waals surface area contributed by atoms with E-state index in [0.29, 0.717) is 6.54 Å². The van der Waals surface area contributed by atoms with Crippen LogP contribution in [0.15, 0.2) is 29.2 Å². The Kier molecular flexibility index (Phi) is 2.14. The van der Waals surface area contributed by atoms with Gasteiger partial charge in [0, 0.05) is 6.54 Å². The number of fused-ring (bicyclic) bond motifs is 1. The summed E-state index contributed by atoms with van der Waals surface area (Å²) in [5.74, 6) is 0. The Morgan fingerprint density at radius 1 is 1.46 bits per heavy atom. The highest BCUT2D eigenvalue weighted by Gasteiger charge is 2.21. The fourth-order valence-electron chi connectivity index (χ4n) is 1.20. The van der Waals surface area contributed by atoms with Gasteiger partial charge in [-0.25, -0.2) is 4.79 Å². The molecule has 1 aromatic carbocycles. The van der Waals surface area contributed by atoms with Gasteiger partial charge >= 0.3 is 6.03 Å². The van der Waals surface area contributed by atoms with Crippen LogP contribution < -0.4 is 5.32 Å². The summed E-state index contributed by atoms with van der Waals surface area (Å²) in [5.41, 5.74) is 0.905. The third kappa shape index (κ3) is 1.49. The molecule has 0 aliphatic carbocycles. The summed E-state index contributed by atoms with van der Waals surface area (Å²) in [4.78, 5) is 12.5. The highest BCUT2D eigenvalue weighted by atomic mass is 32.2. The molecule has 68 valence electrons. The fraction of sp³-hybridized carbons (Fsp3) is 0.222. The Labute approximate surface area is 81.3 Å². The molecule has 1 aliphatic heterocycles. The van der Waals surface area contributed by atoms with Crippen LogP contribution in [0.5, 0.6) is 0 Å². The van der Waals surface area contributed by atoms with E-state index in [-0.39, 0.29) is 6.03 Å². The normalized spacial score (nSPS) is 15.2. The quantitative estimate of drug-likeness (QED) is 0.697. The molecule has 0 fully saturated rings. The van der Waals surface area contributed by atoms with Crippen molar-refractivity contribution >= 4 is 23.7 Å². The molecule has 0 radical (unpaired) electrons. The van der Waals surface area contributed by atoms with Crippen molar-refractivity contribution in [2.24, 2.45) is 0 Å². The Bertz CT molecular complexity index is 340. The van der Waals surface area contributed by atoms with Crippen molar-refractivity contribution in [3.05, 3.63) is 24.3 Å². The Balaban J connectivity index is 2.33. The van der Waals surface area contributed by atoms with Gasteiger partial charge in [-0.2, -0.15) is 0 Å². The molecule has 0 saturated carbocycles. The number of nitrogens with one attached hydrogen (secondary N) is 1. The molecular formula is C9H10N2OS. The van der Waals surface area contributed by atoms with Crippen LogP contribution >= 0.6 is 11.9 Å². The van der Waals surface area contributed by atoms with E-state index in [2.05, 4.69) is 5.32 Å². The molecule has 0 unspecified atom stereocenters. The zero-order chi connectivity index (χ0) is 9.26. The van der Waals surface area contributed by atoms with Crippen LogP contribution in [-0.4, -0.2) is 16.9 Å². The first kappa shape index (κ1) is 8.44. The van der Waals surface area contributed by atoms with Gasteiger partial charge in [0.1, 0.15) is 0 Å². The lowest BCUT2D eigenvalue weighted by molar-refractivity contribution is 0.239. The molecule has 2 rings (SSSR count). The van der Waals surface area contributed by atoms with E-state index in [4.69, 9.17) is 0 Å². The predicted molar refractivity (Wildman–Crippen MR) is 53.7 cm³/mol. The summed E-state index contributed by atoms with van der Waals surface area (Å²) in [6.07, 6.45) is 0. The molecule has 1 N–H and O–H groups in total. The van der Waals surface area contributed by atoms with E-state index in [1.165, 1.54) is 11.9 Å². The van der Waals surface area contributed by atoms with Crippen LogP contribution in [0.4, 0.5) is 10.5 Å². The lowest BCUT2D eigenvalue weighted by Crippen LogP contribution is -2.32. The molecule has 1 aromatic rings. The van der Waals surface area contributed by atoms with Gasteiger partial charge in [-0.05, 0) is 31.0 Å². The first-order valence-electron chi connectivity index (χ1n) is 4.17. The maximum Gasteiger partial charge on any atom is 0.332 e. The van der Waals surface area contributed by atoms with Crippen LogP contribution in [0.2, 0.25) is 0 Å². The molecule has 13 heavy (non-hydrogen) atoms. The molecule has 0 bridgehead atoms. The number of carbonyl (C=O) groups is 1. The molecule has 4 heteroatoms. The highest BCUT2D eigenvalue weighted by molar-refractivity contribution is 7.97. The number of hydrogen-bond donors (Lipinski definition) is 1. The molecule has 1 heterocycles. The number of benzene rings is 1. The minimum Gasteiger partial charge on any atom is -0.306 e. The molecule has 1 aliphatic rings. The number of nitrogens with zero attached hydrogens (tertiary/aromatic N) is 1. The van der Waals surface area contributed by atoms with Crippen LogP contribution in [0, 0.1) is 0 Å². The van der Waals surface area contributed by atoms with Crippen molar-refractivity contribution in [3.63, 3.8) is 0 Å². The second kappa shape index (κ2) is 3.30. The zero-order valence-electron chi connectivity index (χ0n) is 7.28. The van der Waals surface area contributed by atoms with Crippen LogP contribution in [0.1, 0.15) is 6.92 Å². The molecular weight excluding hydrogens is 184 g/mol. The molecule has 0 spiro atoms. The maximum atomic E-state index is 11.4. The van der Waals surface area contributed by atoms with Gasteiger partial charge in [0.05, 0.1) is 10.6 Å². The van der Waals surface area contributed by atoms with Crippen molar-refractivity contribution < 1.29 is 4.79 Å². The van der Waals surface area contributed by atoms with Crippen LogP contribution in [0.25, 0.3) is 0 Å². The summed E-state index contributed by atoms with van der Waals surface area (Å²) in [6, 6.07) is 7.76. The molecule has 2 amide bonds. The SMILES string of the molecule is CCN1Sc2ccccc2NC1=O. The number of carbonyl (C=O) groups excluding carboxylic acids is 1. The largest absolute Gasteiger partial charge is 0.332 e. The highest BCUT2D eigenvalue weighted by Crippen LogP contribution is 2.34. The average Bonchev–Trinajstić information content (AvgIpc) is 2.17. The molecule has 0 saturated heterocycles. The lowest BCUT2D eigenvalue weighted by Gasteiger charge is -2.26. The minimum absolute atomic E-state index is 0.0359. The number of anilines is 1. The third-order valence-corrected chi connectivity index (χ3v) is 3.05. The standard InChI is InChI=1S/C9H10N2OS/c1-2-11-9(12)10-7-5-3-4-6-8(7)13-11/h3-6H,2H2,1H3,(H,10,12). The van der Waals surface area contributed by atoms with Gasteiger partial charge in [-0.1, -0.05) is 12.1 Å². The van der Waals surface area contributed by atoms with Crippen LogP contribution in [0.3, 0.4) is 0 Å². The van der Waals surface area contributed by atoms with Crippen molar-refractivity contribution in [1.29, 1.82) is 0 Å². The number of hydrogen-bond acceptors (Lipinski definition) is 2. The summed E-state index contributed by atoms with van der Waals surface area (Å²) >= 11 is 1.49. The smallest absolute Gasteiger partial charge is 0.306 e. The molecule has 3 nitrogen and oxygen atoms in total. The Morgan fingerprint density at radius 3 is 3.00 bits per heavy atom. The first-order valence-corrected chi connectivity index (χ1v) is 4.94. The summed E-state index contributed by atoms with van der Waals surface area (Å²) < 4.78 is 1.70. The van der Waals surface area contributed by atoms with E-state index in [1.54, 1.807) is 4.31 Å². The van der Waals surface area contributed by atoms with Crippen molar-refractivity contribution in [1.82, 2.24) is 4.31 Å². The second-order valence-corrected chi connectivity index (χ2v) is 3.78. The van der Waals surface area contributed by atoms with Crippen LogP contribution in [-0.2, 0) is 0 Å². The zero-order valence-corrected chi connectivity index (χ0v) is 8.10.